The Balaban J connectivity index is 1.97. The number of nitrogens with two attached hydrogens (primary N) is 2. The Labute approximate surface area is 96.3 Å². The highest BCUT2D eigenvalue weighted by molar-refractivity contribution is 5.44. The number of hydrazine groups is 2. The third-order valence-electron chi connectivity index (χ3n) is 3.51. The van der Waals surface area contributed by atoms with Crippen LogP contribution in [0.1, 0.15) is 37.2 Å². The zero-order valence-electron chi connectivity index (χ0n) is 9.45. The second-order valence-corrected chi connectivity index (χ2v) is 4.48. The quantitative estimate of drug-likeness (QED) is 0.459. The van der Waals surface area contributed by atoms with Crippen molar-refractivity contribution in [2.24, 2.45) is 11.7 Å². The molecule has 0 amide bonds. The van der Waals surface area contributed by atoms with Gasteiger partial charge in [0, 0.05) is 11.7 Å². The van der Waals surface area contributed by atoms with Crippen LogP contribution in [-0.4, -0.2) is 6.04 Å². The highest BCUT2D eigenvalue weighted by atomic mass is 15.2. The second kappa shape index (κ2) is 5.30. The molecule has 1 aliphatic rings. The van der Waals surface area contributed by atoms with Crippen LogP contribution in [0.5, 0.6) is 0 Å². The summed E-state index contributed by atoms with van der Waals surface area (Å²) in [6.07, 6.45) is 4.75. The van der Waals surface area contributed by atoms with E-state index in [9.17, 15) is 0 Å². The fourth-order valence-corrected chi connectivity index (χ4v) is 2.44. The van der Waals surface area contributed by atoms with Crippen LogP contribution in [0, 0.1) is 0 Å². The van der Waals surface area contributed by atoms with E-state index in [4.69, 9.17) is 11.7 Å². The molecule has 4 nitrogen and oxygen atoms in total. The van der Waals surface area contributed by atoms with Crippen molar-refractivity contribution in [1.82, 2.24) is 5.43 Å². The zero-order chi connectivity index (χ0) is 11.4. The smallest absolute Gasteiger partial charge is 0.0485 e. The molecule has 1 saturated carbocycles. The first-order valence-electron chi connectivity index (χ1n) is 5.86. The van der Waals surface area contributed by atoms with Gasteiger partial charge in [0.1, 0.15) is 0 Å². The van der Waals surface area contributed by atoms with Crippen molar-refractivity contribution in [3.8, 4) is 0 Å². The van der Waals surface area contributed by atoms with E-state index in [0.29, 0.717) is 12.0 Å². The Kier molecular flexibility index (Phi) is 3.77. The summed E-state index contributed by atoms with van der Waals surface area (Å²) in [5.41, 5.74) is 7.89. The number of nitrogen functional groups attached to an aromatic ring is 1. The van der Waals surface area contributed by atoms with Crippen LogP contribution in [0.4, 0.5) is 5.69 Å². The first kappa shape index (κ1) is 11.4. The maximum atomic E-state index is 5.45. The van der Waals surface area contributed by atoms with Crippen LogP contribution in [0.25, 0.3) is 0 Å². The molecule has 0 spiro atoms. The van der Waals surface area contributed by atoms with Crippen molar-refractivity contribution in [1.29, 1.82) is 0 Å². The molecule has 0 saturated heterocycles. The molecule has 0 radical (unpaired) electrons. The van der Waals surface area contributed by atoms with Gasteiger partial charge in [-0.25, -0.2) is 0 Å². The SMILES string of the molecule is NNc1ccc(C2CCC(NN)CC2)cc1. The number of hydrogen-bond donors (Lipinski definition) is 4. The molecule has 6 N–H and O–H groups in total. The van der Waals surface area contributed by atoms with Gasteiger partial charge in [0.25, 0.3) is 0 Å². The summed E-state index contributed by atoms with van der Waals surface area (Å²) < 4.78 is 0. The van der Waals surface area contributed by atoms with E-state index in [1.54, 1.807) is 0 Å². The molecule has 4 heteroatoms. The topological polar surface area (TPSA) is 76.1 Å². The molecule has 0 aliphatic heterocycles. The Morgan fingerprint density at radius 3 is 2.06 bits per heavy atom. The third kappa shape index (κ3) is 2.52. The van der Waals surface area contributed by atoms with E-state index in [0.717, 1.165) is 18.5 Å². The Morgan fingerprint density at radius 2 is 1.56 bits per heavy atom. The molecule has 1 fully saturated rings. The lowest BCUT2D eigenvalue weighted by Crippen LogP contribution is -2.37. The summed E-state index contributed by atoms with van der Waals surface area (Å²) in [6.45, 7) is 0. The van der Waals surface area contributed by atoms with Gasteiger partial charge in [-0.1, -0.05) is 12.1 Å². The molecule has 1 aliphatic carbocycles. The summed E-state index contributed by atoms with van der Waals surface area (Å²) >= 11 is 0. The average molecular weight is 220 g/mol. The van der Waals surface area contributed by atoms with E-state index in [1.165, 1.54) is 18.4 Å². The van der Waals surface area contributed by atoms with Crippen LogP contribution < -0.4 is 22.5 Å². The predicted molar refractivity (Wildman–Crippen MR) is 66.6 cm³/mol. The largest absolute Gasteiger partial charge is 0.324 e. The fraction of sp³-hybridized carbons (Fsp3) is 0.500. The van der Waals surface area contributed by atoms with Gasteiger partial charge in [-0.05, 0) is 49.3 Å². The van der Waals surface area contributed by atoms with Crippen molar-refractivity contribution in [3.05, 3.63) is 29.8 Å². The van der Waals surface area contributed by atoms with Gasteiger partial charge in [0.2, 0.25) is 0 Å². The van der Waals surface area contributed by atoms with E-state index >= 15 is 0 Å². The number of anilines is 1. The predicted octanol–water partition coefficient (Wildman–Crippen LogP) is 1.46. The van der Waals surface area contributed by atoms with Gasteiger partial charge in [0.15, 0.2) is 0 Å². The lowest BCUT2D eigenvalue weighted by atomic mass is 9.82. The van der Waals surface area contributed by atoms with Crippen LogP contribution in [-0.2, 0) is 0 Å². The number of benzene rings is 1. The first-order valence-corrected chi connectivity index (χ1v) is 5.86. The third-order valence-corrected chi connectivity index (χ3v) is 3.51. The normalized spacial score (nSPS) is 25.4. The summed E-state index contributed by atoms with van der Waals surface area (Å²) in [7, 11) is 0. The van der Waals surface area contributed by atoms with Crippen LogP contribution >= 0.6 is 0 Å². The molecule has 0 unspecified atom stereocenters. The van der Waals surface area contributed by atoms with E-state index < -0.39 is 0 Å². The summed E-state index contributed by atoms with van der Waals surface area (Å²) in [5.74, 6) is 11.5. The van der Waals surface area contributed by atoms with Crippen molar-refractivity contribution >= 4 is 5.69 Å². The minimum Gasteiger partial charge on any atom is -0.324 e. The minimum absolute atomic E-state index is 0.501. The van der Waals surface area contributed by atoms with Crippen molar-refractivity contribution in [2.45, 2.75) is 37.6 Å². The molecule has 2 rings (SSSR count). The van der Waals surface area contributed by atoms with Crippen LogP contribution in [0.15, 0.2) is 24.3 Å². The van der Waals surface area contributed by atoms with E-state index in [2.05, 4.69) is 23.0 Å². The van der Waals surface area contributed by atoms with Crippen molar-refractivity contribution in [2.75, 3.05) is 5.43 Å². The molecule has 1 aromatic carbocycles. The van der Waals surface area contributed by atoms with Crippen LogP contribution in [0.3, 0.4) is 0 Å². The second-order valence-electron chi connectivity index (χ2n) is 4.48. The monoisotopic (exact) mass is 220 g/mol. The maximum Gasteiger partial charge on any atom is 0.0485 e. The molecule has 16 heavy (non-hydrogen) atoms. The fourth-order valence-electron chi connectivity index (χ4n) is 2.44. The minimum atomic E-state index is 0.501. The molecule has 0 heterocycles. The number of rotatable bonds is 3. The highest BCUT2D eigenvalue weighted by Crippen LogP contribution is 2.32. The standard InChI is InChI=1S/C12H20N4/c13-15-11-5-1-9(2-6-11)10-3-7-12(16-14)8-4-10/h1-2,5-6,10,12,15-16H,3-4,7-8,13-14H2. The molecule has 0 aromatic heterocycles. The lowest BCUT2D eigenvalue weighted by Gasteiger charge is -2.28. The van der Waals surface area contributed by atoms with Gasteiger partial charge in [-0.3, -0.25) is 17.1 Å². The molecular formula is C12H20N4. The zero-order valence-corrected chi connectivity index (χ0v) is 9.45. The molecule has 0 bridgehead atoms. The Hall–Kier alpha value is -1.10. The molecule has 1 aromatic rings. The van der Waals surface area contributed by atoms with Gasteiger partial charge in [-0.2, -0.15) is 0 Å². The Morgan fingerprint density at radius 1 is 0.938 bits per heavy atom. The van der Waals surface area contributed by atoms with Gasteiger partial charge < -0.3 is 5.43 Å². The molecule has 0 atom stereocenters. The van der Waals surface area contributed by atoms with Gasteiger partial charge in [-0.15, -0.1) is 0 Å². The molecule has 88 valence electrons. The van der Waals surface area contributed by atoms with Crippen molar-refractivity contribution < 1.29 is 0 Å². The molecular weight excluding hydrogens is 200 g/mol. The number of hydrogen-bond acceptors (Lipinski definition) is 4. The summed E-state index contributed by atoms with van der Waals surface area (Å²) in [6, 6.07) is 8.89. The van der Waals surface area contributed by atoms with Gasteiger partial charge in [0.05, 0.1) is 0 Å². The van der Waals surface area contributed by atoms with Crippen molar-refractivity contribution in [3.63, 3.8) is 0 Å². The summed E-state index contributed by atoms with van der Waals surface area (Å²) in [5, 5.41) is 0. The number of nitrogens with one attached hydrogen (secondary N) is 2. The summed E-state index contributed by atoms with van der Waals surface area (Å²) in [4.78, 5) is 0. The Bertz CT molecular complexity index is 314. The first-order chi connectivity index (χ1) is 7.83. The highest BCUT2D eigenvalue weighted by Gasteiger charge is 2.21. The maximum absolute atomic E-state index is 5.45. The lowest BCUT2D eigenvalue weighted by molar-refractivity contribution is 0.347. The van der Waals surface area contributed by atoms with E-state index in [-0.39, 0.29) is 0 Å². The van der Waals surface area contributed by atoms with Gasteiger partial charge >= 0.3 is 0 Å². The van der Waals surface area contributed by atoms with E-state index in [1.807, 2.05) is 12.1 Å². The average Bonchev–Trinajstić information content (AvgIpc) is 2.39. The van der Waals surface area contributed by atoms with Crippen LogP contribution in [0.2, 0.25) is 0 Å².